The first kappa shape index (κ1) is 17.5. The molecule has 1 saturated heterocycles. The first-order valence-electron chi connectivity index (χ1n) is 9.26. The van der Waals surface area contributed by atoms with Crippen molar-refractivity contribution in [2.75, 3.05) is 26.2 Å². The smallest absolute Gasteiger partial charge is 0.254 e. The molecule has 1 fully saturated rings. The van der Waals surface area contributed by atoms with Crippen LogP contribution in [0.15, 0.2) is 42.7 Å². The number of hydrogen-bond donors (Lipinski definition) is 0. The summed E-state index contributed by atoms with van der Waals surface area (Å²) in [5, 5.41) is 0. The van der Waals surface area contributed by atoms with Gasteiger partial charge in [0.05, 0.1) is 22.4 Å². The van der Waals surface area contributed by atoms with E-state index in [1.165, 1.54) is 5.56 Å². The summed E-state index contributed by atoms with van der Waals surface area (Å²) >= 11 is 0. The number of carbonyl (C=O) groups is 1. The van der Waals surface area contributed by atoms with Crippen LogP contribution in [0.3, 0.4) is 0 Å². The maximum atomic E-state index is 12.9. The molecule has 0 aliphatic carbocycles. The van der Waals surface area contributed by atoms with Crippen LogP contribution in [0.25, 0.3) is 11.0 Å². The lowest BCUT2D eigenvalue weighted by molar-refractivity contribution is 0.0628. The Labute approximate surface area is 158 Å². The summed E-state index contributed by atoms with van der Waals surface area (Å²) in [6.07, 6.45) is 3.64. The van der Waals surface area contributed by atoms with Gasteiger partial charge in [-0.2, -0.15) is 0 Å². The summed E-state index contributed by atoms with van der Waals surface area (Å²) in [4.78, 5) is 30.4. The molecule has 6 nitrogen and oxygen atoms in total. The molecule has 4 rings (SSSR count). The second-order valence-electron chi connectivity index (χ2n) is 7.02. The van der Waals surface area contributed by atoms with E-state index in [2.05, 4.69) is 19.9 Å². The summed E-state index contributed by atoms with van der Waals surface area (Å²) in [5.74, 6) is 0.0699. The molecule has 1 aliphatic heterocycles. The van der Waals surface area contributed by atoms with Crippen molar-refractivity contribution in [3.8, 4) is 0 Å². The van der Waals surface area contributed by atoms with Crippen LogP contribution in [-0.4, -0.2) is 56.8 Å². The van der Waals surface area contributed by atoms with Crippen LogP contribution < -0.4 is 0 Å². The predicted octanol–water partition coefficient (Wildman–Crippen LogP) is 2.60. The molecular formula is C21H23N5O. The lowest BCUT2D eigenvalue weighted by atomic mass is 10.1. The molecule has 27 heavy (non-hydrogen) atoms. The fraction of sp³-hybridized carbons (Fsp3) is 0.333. The largest absolute Gasteiger partial charge is 0.336 e. The lowest BCUT2D eigenvalue weighted by Gasteiger charge is -2.34. The number of benzene rings is 1. The topological polar surface area (TPSA) is 62.2 Å². The average Bonchev–Trinajstić information content (AvgIpc) is 2.69. The first-order chi connectivity index (χ1) is 13.1. The van der Waals surface area contributed by atoms with Crippen LogP contribution in [0.4, 0.5) is 0 Å². The minimum Gasteiger partial charge on any atom is -0.336 e. The van der Waals surface area contributed by atoms with E-state index >= 15 is 0 Å². The Hall–Kier alpha value is -2.86. The van der Waals surface area contributed by atoms with Crippen LogP contribution >= 0.6 is 0 Å². The zero-order valence-electron chi connectivity index (χ0n) is 15.7. The Balaban J connectivity index is 1.43. The van der Waals surface area contributed by atoms with Crippen LogP contribution in [0.1, 0.15) is 27.3 Å². The molecule has 2 aromatic heterocycles. The molecule has 0 bridgehead atoms. The van der Waals surface area contributed by atoms with Gasteiger partial charge in [0, 0.05) is 50.7 Å². The van der Waals surface area contributed by atoms with Gasteiger partial charge in [0.25, 0.3) is 5.91 Å². The molecule has 0 radical (unpaired) electrons. The van der Waals surface area contributed by atoms with Crippen LogP contribution in [-0.2, 0) is 6.54 Å². The van der Waals surface area contributed by atoms with Crippen molar-refractivity contribution in [1.82, 2.24) is 24.8 Å². The first-order valence-corrected chi connectivity index (χ1v) is 9.26. The highest BCUT2D eigenvalue weighted by Crippen LogP contribution is 2.17. The number of fused-ring (bicyclic) bond motifs is 1. The van der Waals surface area contributed by atoms with Gasteiger partial charge in [-0.1, -0.05) is 0 Å². The average molecular weight is 361 g/mol. The molecule has 138 valence electrons. The summed E-state index contributed by atoms with van der Waals surface area (Å²) in [5.41, 5.74) is 5.37. The zero-order chi connectivity index (χ0) is 18.8. The molecular weight excluding hydrogens is 338 g/mol. The Bertz CT molecular complexity index is 965. The van der Waals surface area contributed by atoms with Gasteiger partial charge in [0.15, 0.2) is 0 Å². The summed E-state index contributed by atoms with van der Waals surface area (Å²) < 4.78 is 0. The number of pyridine rings is 1. The van der Waals surface area contributed by atoms with Gasteiger partial charge in [0.2, 0.25) is 0 Å². The fourth-order valence-corrected chi connectivity index (χ4v) is 3.40. The number of aromatic nitrogens is 3. The highest BCUT2D eigenvalue weighted by Gasteiger charge is 2.22. The van der Waals surface area contributed by atoms with Crippen molar-refractivity contribution >= 4 is 16.9 Å². The monoisotopic (exact) mass is 361 g/mol. The molecule has 3 aromatic rings. The number of piperazine rings is 1. The molecule has 3 heterocycles. The number of amides is 1. The number of rotatable bonds is 3. The van der Waals surface area contributed by atoms with Crippen molar-refractivity contribution in [2.45, 2.75) is 20.4 Å². The molecule has 0 unspecified atom stereocenters. The standard InChI is InChI=1S/C21H23N5O/c1-15-16(2)24-20-13-18(3-4-19(20)23-15)21(27)26-11-9-25(10-12-26)14-17-5-7-22-8-6-17/h3-8,13H,9-12,14H2,1-2H3. The quantitative estimate of drug-likeness (QED) is 0.718. The molecule has 1 aromatic carbocycles. The third kappa shape index (κ3) is 3.80. The Morgan fingerprint density at radius 1 is 0.926 bits per heavy atom. The number of hydrogen-bond acceptors (Lipinski definition) is 5. The fourth-order valence-electron chi connectivity index (χ4n) is 3.40. The van der Waals surface area contributed by atoms with Crippen LogP contribution in [0.5, 0.6) is 0 Å². The van der Waals surface area contributed by atoms with Gasteiger partial charge in [0.1, 0.15) is 0 Å². The minimum absolute atomic E-state index is 0.0699. The van der Waals surface area contributed by atoms with Crippen molar-refractivity contribution in [3.05, 3.63) is 65.2 Å². The van der Waals surface area contributed by atoms with Crippen molar-refractivity contribution < 1.29 is 4.79 Å². The van der Waals surface area contributed by atoms with Gasteiger partial charge < -0.3 is 4.90 Å². The number of nitrogens with zero attached hydrogens (tertiary/aromatic N) is 5. The van der Waals surface area contributed by atoms with E-state index in [1.54, 1.807) is 0 Å². The van der Waals surface area contributed by atoms with Gasteiger partial charge in [-0.25, -0.2) is 9.97 Å². The molecule has 0 atom stereocenters. The number of carbonyl (C=O) groups excluding carboxylic acids is 1. The predicted molar refractivity (Wildman–Crippen MR) is 104 cm³/mol. The molecule has 0 N–H and O–H groups in total. The van der Waals surface area contributed by atoms with E-state index < -0.39 is 0 Å². The van der Waals surface area contributed by atoms with Gasteiger partial charge in [-0.05, 0) is 49.7 Å². The van der Waals surface area contributed by atoms with E-state index in [-0.39, 0.29) is 5.91 Å². The third-order valence-electron chi connectivity index (χ3n) is 5.14. The molecule has 0 saturated carbocycles. The zero-order valence-corrected chi connectivity index (χ0v) is 15.7. The number of aryl methyl sites for hydroxylation is 2. The summed E-state index contributed by atoms with van der Waals surface area (Å²) in [6.45, 7) is 8.01. The minimum atomic E-state index is 0.0699. The van der Waals surface area contributed by atoms with E-state index in [0.29, 0.717) is 5.56 Å². The van der Waals surface area contributed by atoms with Crippen molar-refractivity contribution in [2.24, 2.45) is 0 Å². The highest BCUT2D eigenvalue weighted by atomic mass is 16.2. The van der Waals surface area contributed by atoms with Gasteiger partial charge in [-0.3, -0.25) is 14.7 Å². The maximum absolute atomic E-state index is 12.9. The highest BCUT2D eigenvalue weighted by molar-refractivity contribution is 5.97. The molecule has 1 amide bonds. The normalized spacial score (nSPS) is 15.3. The summed E-state index contributed by atoms with van der Waals surface area (Å²) in [7, 11) is 0. The van der Waals surface area contributed by atoms with Crippen LogP contribution in [0, 0.1) is 13.8 Å². The summed E-state index contributed by atoms with van der Waals surface area (Å²) in [6, 6.07) is 9.69. The van der Waals surface area contributed by atoms with Crippen LogP contribution in [0.2, 0.25) is 0 Å². The molecule has 0 spiro atoms. The Morgan fingerprint density at radius 2 is 1.59 bits per heavy atom. The van der Waals surface area contributed by atoms with Crippen molar-refractivity contribution in [1.29, 1.82) is 0 Å². The lowest BCUT2D eigenvalue weighted by Crippen LogP contribution is -2.48. The van der Waals surface area contributed by atoms with E-state index in [1.807, 2.05) is 61.5 Å². The molecule has 6 heteroatoms. The SMILES string of the molecule is Cc1nc2ccc(C(=O)N3CCN(Cc4ccncc4)CC3)cc2nc1C. The van der Waals surface area contributed by atoms with Gasteiger partial charge >= 0.3 is 0 Å². The second kappa shape index (κ2) is 7.40. The van der Waals surface area contributed by atoms with Crippen molar-refractivity contribution in [3.63, 3.8) is 0 Å². The molecule has 1 aliphatic rings. The van der Waals surface area contributed by atoms with Gasteiger partial charge in [-0.15, -0.1) is 0 Å². The maximum Gasteiger partial charge on any atom is 0.254 e. The second-order valence-corrected chi connectivity index (χ2v) is 7.02. The third-order valence-corrected chi connectivity index (χ3v) is 5.14. The Morgan fingerprint density at radius 3 is 2.30 bits per heavy atom. The van der Waals surface area contributed by atoms with E-state index in [0.717, 1.165) is 55.1 Å². The van der Waals surface area contributed by atoms with E-state index in [4.69, 9.17) is 0 Å². The van der Waals surface area contributed by atoms with E-state index in [9.17, 15) is 4.79 Å². The Kier molecular flexibility index (Phi) is 4.81.